The van der Waals surface area contributed by atoms with E-state index in [9.17, 15) is 0 Å². The van der Waals surface area contributed by atoms with Crippen LogP contribution in [0.5, 0.6) is 0 Å². The van der Waals surface area contributed by atoms with Gasteiger partial charge < -0.3 is 0 Å². The summed E-state index contributed by atoms with van der Waals surface area (Å²) in [5.74, 6) is 0. The summed E-state index contributed by atoms with van der Waals surface area (Å²) in [5.41, 5.74) is 0. The molecule has 2 atom stereocenters. The Kier molecular flexibility index (Phi) is 3.51. The summed E-state index contributed by atoms with van der Waals surface area (Å²) in [4.78, 5) is 0. The zero-order chi connectivity index (χ0) is 5.98. The van der Waals surface area contributed by atoms with Gasteiger partial charge in [-0.3, -0.25) is 0 Å². The number of rotatable bonds is 0. The van der Waals surface area contributed by atoms with Crippen LogP contribution in [-0.2, 0) is 0 Å². The molecule has 0 aromatic heterocycles. The molecule has 1 aliphatic heterocycles. The van der Waals surface area contributed by atoms with Crippen molar-refractivity contribution in [3.05, 3.63) is 0 Å². The van der Waals surface area contributed by atoms with Crippen LogP contribution in [0.2, 0.25) is 7.43 Å². The van der Waals surface area contributed by atoms with Crippen LogP contribution in [0.3, 0.4) is 0 Å². The predicted molar refractivity (Wildman–Crippen MR) is 38.6 cm³/mol. The Balaban J connectivity index is 2.23. The fourth-order valence-electron chi connectivity index (χ4n) is 0.757. The molecule has 3 heteroatoms. The van der Waals surface area contributed by atoms with E-state index in [1.54, 1.807) is 0 Å². The molecule has 1 saturated heterocycles. The summed E-state index contributed by atoms with van der Waals surface area (Å²) < 4.78 is 1.84. The van der Waals surface area contributed by atoms with Crippen LogP contribution in [0.15, 0.2) is 0 Å². The van der Waals surface area contributed by atoms with Gasteiger partial charge in [0.1, 0.15) is 0 Å². The van der Waals surface area contributed by atoms with Gasteiger partial charge in [-0.25, -0.2) is 0 Å². The fraction of sp³-hybridized carbons (Fsp3) is 1.00. The number of hydrogen-bond acceptors (Lipinski definition) is 0. The molecule has 0 aromatic rings. The van der Waals surface area contributed by atoms with Crippen LogP contribution in [0.25, 0.3) is 0 Å². The summed E-state index contributed by atoms with van der Waals surface area (Å²) >= 11 is 7.29. The molecule has 0 aliphatic carbocycles. The molecule has 1 aliphatic rings. The zero-order valence-electron chi connectivity index (χ0n) is 4.50. The van der Waals surface area contributed by atoms with E-state index in [-0.39, 0.29) is 0 Å². The molecule has 46 valence electrons. The molecular formula is C5H8Se3. The molecule has 2 unspecified atom stereocenters. The van der Waals surface area contributed by atoms with E-state index in [2.05, 4.69) is 32.0 Å². The summed E-state index contributed by atoms with van der Waals surface area (Å²) in [6.07, 6.45) is 4.29. The van der Waals surface area contributed by atoms with Crippen molar-refractivity contribution >= 4 is 47.0 Å². The van der Waals surface area contributed by atoms with Crippen molar-refractivity contribution < 1.29 is 0 Å². The second kappa shape index (κ2) is 3.66. The average Bonchev–Trinajstić information content (AvgIpc) is 1.64. The molecular weight excluding hydrogens is 297 g/mol. The van der Waals surface area contributed by atoms with E-state index in [1.165, 1.54) is 19.3 Å². The first-order valence-electron chi connectivity index (χ1n) is 2.76. The summed E-state index contributed by atoms with van der Waals surface area (Å²) in [6, 6.07) is 0. The average molecular weight is 305 g/mol. The minimum absolute atomic E-state index is 0.859. The Morgan fingerprint density at radius 1 is 1.12 bits per heavy atom. The third-order valence-corrected chi connectivity index (χ3v) is 6.86. The van der Waals surface area contributed by atoms with Gasteiger partial charge in [-0.15, -0.1) is 0 Å². The molecule has 0 spiro atoms. The van der Waals surface area contributed by atoms with Gasteiger partial charge in [0.15, 0.2) is 0 Å². The fourth-order valence-corrected chi connectivity index (χ4v) is 8.21. The van der Waals surface area contributed by atoms with Gasteiger partial charge in [-0.2, -0.15) is 0 Å². The topological polar surface area (TPSA) is 0 Å². The first kappa shape index (κ1) is 7.66. The summed E-state index contributed by atoms with van der Waals surface area (Å²) in [5, 5.41) is 0. The van der Waals surface area contributed by atoms with E-state index in [1.807, 2.05) is 0 Å². The molecule has 0 N–H and O–H groups in total. The monoisotopic (exact) mass is 308 g/mol. The van der Waals surface area contributed by atoms with Crippen LogP contribution in [0.1, 0.15) is 19.3 Å². The maximum atomic E-state index is 3.22. The van der Waals surface area contributed by atoms with Gasteiger partial charge >= 0.3 is 73.7 Å². The standard InChI is InChI=1S/C5H8Se3/c6-4-2-1-3-5(7)8-4/h4-5H,1-3H2. The Labute approximate surface area is 73.3 Å². The molecule has 1 fully saturated rings. The Bertz CT molecular complexity index is 66.1. The molecule has 0 amide bonds. The minimum atomic E-state index is 0.859. The first-order chi connectivity index (χ1) is 3.79. The van der Waals surface area contributed by atoms with E-state index < -0.39 is 0 Å². The van der Waals surface area contributed by atoms with E-state index in [4.69, 9.17) is 0 Å². The van der Waals surface area contributed by atoms with Crippen molar-refractivity contribution in [2.24, 2.45) is 0 Å². The van der Waals surface area contributed by atoms with Gasteiger partial charge in [0, 0.05) is 0 Å². The van der Waals surface area contributed by atoms with Crippen molar-refractivity contribution in [1.29, 1.82) is 0 Å². The Morgan fingerprint density at radius 2 is 1.62 bits per heavy atom. The number of hydrogen-bond donors (Lipinski definition) is 0. The van der Waals surface area contributed by atoms with Crippen LogP contribution in [0.4, 0.5) is 0 Å². The maximum absolute atomic E-state index is 3.22. The molecule has 0 bridgehead atoms. The van der Waals surface area contributed by atoms with E-state index >= 15 is 0 Å². The van der Waals surface area contributed by atoms with Crippen molar-refractivity contribution in [1.82, 2.24) is 0 Å². The van der Waals surface area contributed by atoms with Gasteiger partial charge in [-0.05, 0) is 0 Å². The van der Waals surface area contributed by atoms with Crippen LogP contribution < -0.4 is 0 Å². The third kappa shape index (κ3) is 2.43. The van der Waals surface area contributed by atoms with E-state index in [0.717, 1.165) is 22.4 Å². The first-order valence-corrected chi connectivity index (χ1v) is 6.72. The van der Waals surface area contributed by atoms with Crippen LogP contribution in [0, 0.1) is 0 Å². The van der Waals surface area contributed by atoms with Crippen LogP contribution in [-0.4, -0.2) is 47.0 Å². The summed E-state index contributed by atoms with van der Waals surface area (Å²) in [7, 11) is 0. The third-order valence-electron chi connectivity index (χ3n) is 1.18. The van der Waals surface area contributed by atoms with Crippen molar-refractivity contribution in [3.63, 3.8) is 0 Å². The molecule has 0 saturated carbocycles. The van der Waals surface area contributed by atoms with Gasteiger partial charge in [0.2, 0.25) is 0 Å². The Morgan fingerprint density at radius 3 is 1.88 bits per heavy atom. The van der Waals surface area contributed by atoms with Crippen molar-refractivity contribution in [2.45, 2.75) is 26.7 Å². The van der Waals surface area contributed by atoms with Gasteiger partial charge in [0.05, 0.1) is 0 Å². The van der Waals surface area contributed by atoms with E-state index in [0.29, 0.717) is 0 Å². The molecule has 1 heterocycles. The second-order valence-corrected chi connectivity index (χ2v) is 10.3. The second-order valence-electron chi connectivity index (χ2n) is 1.93. The molecule has 1 rings (SSSR count). The van der Waals surface area contributed by atoms with Gasteiger partial charge in [-0.1, -0.05) is 0 Å². The SMILES string of the molecule is [Se]C1CCCC([Se])[Se]1. The molecule has 8 heavy (non-hydrogen) atoms. The van der Waals surface area contributed by atoms with Crippen LogP contribution >= 0.6 is 0 Å². The summed E-state index contributed by atoms with van der Waals surface area (Å²) in [6.45, 7) is 0. The van der Waals surface area contributed by atoms with Gasteiger partial charge in [0.25, 0.3) is 0 Å². The molecule has 0 nitrogen and oxygen atoms in total. The quantitative estimate of drug-likeness (QED) is 0.578. The van der Waals surface area contributed by atoms with Crippen molar-refractivity contribution in [2.75, 3.05) is 0 Å². The predicted octanol–water partition coefficient (Wildman–Crippen LogP) is 0.703. The normalized spacial score (nSPS) is 39.8. The molecule has 0 aromatic carbocycles. The Hall–Kier alpha value is 1.56. The molecule has 2 radical (unpaired) electrons. The van der Waals surface area contributed by atoms with Crippen molar-refractivity contribution in [3.8, 4) is 0 Å². The zero-order valence-corrected chi connectivity index (χ0v) is 9.64.